The molecule has 1 unspecified atom stereocenters. The maximum absolute atomic E-state index is 11.7. The molecule has 106 valence electrons. The number of nitrogens with one attached hydrogen (secondary N) is 1. The summed E-state index contributed by atoms with van der Waals surface area (Å²) in [5.74, 6) is -0.667. The van der Waals surface area contributed by atoms with Crippen molar-refractivity contribution >= 4 is 12.0 Å². The molecule has 0 radical (unpaired) electrons. The molecule has 0 spiro atoms. The highest BCUT2D eigenvalue weighted by Gasteiger charge is 2.20. The first-order chi connectivity index (χ1) is 8.23. The molecule has 2 amide bonds. The lowest BCUT2D eigenvalue weighted by Gasteiger charge is -2.22. The summed E-state index contributed by atoms with van der Waals surface area (Å²) in [4.78, 5) is 24.3. The minimum absolute atomic E-state index is 0.189. The van der Waals surface area contributed by atoms with Gasteiger partial charge in [0.15, 0.2) is 0 Å². The molecule has 0 bridgehead atoms. The van der Waals surface area contributed by atoms with Gasteiger partial charge in [-0.3, -0.25) is 4.79 Å². The van der Waals surface area contributed by atoms with E-state index in [1.807, 2.05) is 27.7 Å². The van der Waals surface area contributed by atoms with Crippen molar-refractivity contribution in [3.63, 3.8) is 0 Å². The summed E-state index contributed by atoms with van der Waals surface area (Å²) in [6, 6.07) is -0.210. The van der Waals surface area contributed by atoms with Crippen LogP contribution in [0.5, 0.6) is 0 Å². The third kappa shape index (κ3) is 7.14. The maximum Gasteiger partial charge on any atom is 0.317 e. The normalized spacial score (nSPS) is 12.6. The summed E-state index contributed by atoms with van der Waals surface area (Å²) in [5.41, 5.74) is 0. The lowest BCUT2D eigenvalue weighted by molar-refractivity contribution is -0.142. The highest BCUT2D eigenvalue weighted by molar-refractivity contribution is 5.75. The van der Waals surface area contributed by atoms with E-state index in [2.05, 4.69) is 5.32 Å². The lowest BCUT2D eigenvalue weighted by Crippen LogP contribution is -2.42. The van der Waals surface area contributed by atoms with Gasteiger partial charge < -0.3 is 15.3 Å². The van der Waals surface area contributed by atoms with Gasteiger partial charge in [-0.1, -0.05) is 27.7 Å². The first-order valence-electron chi connectivity index (χ1n) is 6.45. The summed E-state index contributed by atoms with van der Waals surface area (Å²) in [6.07, 6.45) is 0.573. The van der Waals surface area contributed by atoms with Crippen molar-refractivity contribution in [2.24, 2.45) is 17.8 Å². The van der Waals surface area contributed by atoms with Gasteiger partial charge in [-0.2, -0.15) is 0 Å². The number of nitrogens with zero attached hydrogens (tertiary/aromatic N) is 1. The molecule has 0 aliphatic heterocycles. The highest BCUT2D eigenvalue weighted by Crippen LogP contribution is 2.11. The van der Waals surface area contributed by atoms with Gasteiger partial charge in [-0.25, -0.2) is 4.79 Å². The molecule has 0 rings (SSSR count). The van der Waals surface area contributed by atoms with E-state index in [9.17, 15) is 9.59 Å². The summed E-state index contributed by atoms with van der Waals surface area (Å²) < 4.78 is 0. The van der Waals surface area contributed by atoms with E-state index in [-0.39, 0.29) is 12.6 Å². The van der Waals surface area contributed by atoms with Gasteiger partial charge in [0.1, 0.15) is 0 Å². The minimum atomic E-state index is -0.851. The average Bonchev–Trinajstić information content (AvgIpc) is 2.21. The van der Waals surface area contributed by atoms with Gasteiger partial charge in [0.2, 0.25) is 0 Å². The van der Waals surface area contributed by atoms with Crippen LogP contribution >= 0.6 is 0 Å². The second kappa shape index (κ2) is 7.95. The Labute approximate surface area is 110 Å². The van der Waals surface area contributed by atoms with Gasteiger partial charge in [0.05, 0.1) is 5.92 Å². The van der Waals surface area contributed by atoms with Crippen LogP contribution in [0.4, 0.5) is 4.79 Å². The monoisotopic (exact) mass is 258 g/mol. The zero-order valence-electron chi connectivity index (χ0n) is 12.1. The predicted octanol–water partition coefficient (Wildman–Crippen LogP) is 2.03. The van der Waals surface area contributed by atoms with Crippen molar-refractivity contribution < 1.29 is 14.7 Å². The number of carbonyl (C=O) groups excluding carboxylic acids is 1. The number of amides is 2. The van der Waals surface area contributed by atoms with E-state index in [0.29, 0.717) is 24.8 Å². The third-order valence-corrected chi connectivity index (χ3v) is 2.59. The predicted molar refractivity (Wildman–Crippen MR) is 71.4 cm³/mol. The van der Waals surface area contributed by atoms with E-state index in [1.54, 1.807) is 11.9 Å². The fourth-order valence-corrected chi connectivity index (χ4v) is 1.82. The molecule has 1 atom stereocenters. The molecule has 0 aliphatic rings. The Morgan fingerprint density at radius 3 is 2.11 bits per heavy atom. The van der Waals surface area contributed by atoms with Gasteiger partial charge in [-0.15, -0.1) is 0 Å². The number of aliphatic carboxylic acids is 1. The Bertz CT molecular complexity index is 277. The largest absolute Gasteiger partial charge is 0.481 e. The molecule has 18 heavy (non-hydrogen) atoms. The number of urea groups is 1. The fraction of sp³-hybridized carbons (Fsp3) is 0.846. The Balaban J connectivity index is 4.18. The molecule has 0 saturated heterocycles. The van der Waals surface area contributed by atoms with Crippen LogP contribution in [0.3, 0.4) is 0 Å². The zero-order valence-corrected chi connectivity index (χ0v) is 12.1. The van der Waals surface area contributed by atoms with Crippen molar-refractivity contribution in [2.75, 3.05) is 20.1 Å². The van der Waals surface area contributed by atoms with Gasteiger partial charge in [0, 0.05) is 20.1 Å². The first kappa shape index (κ1) is 16.7. The molecule has 0 heterocycles. The number of hydrogen-bond acceptors (Lipinski definition) is 2. The quantitative estimate of drug-likeness (QED) is 0.734. The van der Waals surface area contributed by atoms with E-state index in [1.165, 1.54) is 0 Å². The minimum Gasteiger partial charge on any atom is -0.481 e. The second-order valence-electron chi connectivity index (χ2n) is 5.63. The molecule has 0 aromatic carbocycles. The molecule has 5 heteroatoms. The molecular weight excluding hydrogens is 232 g/mol. The van der Waals surface area contributed by atoms with Crippen molar-refractivity contribution in [1.29, 1.82) is 0 Å². The Morgan fingerprint density at radius 2 is 1.72 bits per heavy atom. The number of carboxylic acid groups (broad SMARTS) is 1. The van der Waals surface area contributed by atoms with Gasteiger partial charge >= 0.3 is 12.0 Å². The van der Waals surface area contributed by atoms with E-state index in [4.69, 9.17) is 5.11 Å². The van der Waals surface area contributed by atoms with Gasteiger partial charge in [0.25, 0.3) is 0 Å². The van der Waals surface area contributed by atoms with Crippen LogP contribution in [-0.2, 0) is 4.79 Å². The van der Waals surface area contributed by atoms with Crippen LogP contribution in [-0.4, -0.2) is 42.1 Å². The number of carboxylic acids is 1. The average molecular weight is 258 g/mol. The summed E-state index contributed by atoms with van der Waals surface area (Å²) in [7, 11) is 1.72. The van der Waals surface area contributed by atoms with Crippen LogP contribution in [0.25, 0.3) is 0 Å². The summed E-state index contributed by atoms with van der Waals surface area (Å²) in [6.45, 7) is 8.86. The molecule has 5 nitrogen and oxygen atoms in total. The van der Waals surface area contributed by atoms with Crippen LogP contribution < -0.4 is 5.32 Å². The molecular formula is C13H26N2O3. The van der Waals surface area contributed by atoms with E-state index in [0.717, 1.165) is 0 Å². The number of hydrogen-bond donors (Lipinski definition) is 2. The number of rotatable bonds is 7. The molecule has 0 saturated carbocycles. The molecule has 0 fully saturated rings. The Kier molecular flexibility index (Phi) is 7.39. The van der Waals surface area contributed by atoms with Crippen molar-refractivity contribution in [3.8, 4) is 0 Å². The topological polar surface area (TPSA) is 69.6 Å². The zero-order chi connectivity index (χ0) is 14.3. The third-order valence-electron chi connectivity index (χ3n) is 2.59. The highest BCUT2D eigenvalue weighted by atomic mass is 16.4. The van der Waals surface area contributed by atoms with Crippen LogP contribution in [0.2, 0.25) is 0 Å². The van der Waals surface area contributed by atoms with Crippen LogP contribution in [0, 0.1) is 17.8 Å². The van der Waals surface area contributed by atoms with Crippen molar-refractivity contribution in [1.82, 2.24) is 10.2 Å². The molecule has 0 aromatic heterocycles. The van der Waals surface area contributed by atoms with E-state index < -0.39 is 11.9 Å². The summed E-state index contributed by atoms with van der Waals surface area (Å²) >= 11 is 0. The number of carbonyl (C=O) groups is 2. The lowest BCUT2D eigenvalue weighted by atomic mass is 9.97. The Hall–Kier alpha value is -1.26. The SMILES string of the molecule is CC(C)CC(CNC(=O)N(C)CC(C)C)C(=O)O. The fourth-order valence-electron chi connectivity index (χ4n) is 1.82. The van der Waals surface area contributed by atoms with Gasteiger partial charge in [-0.05, 0) is 18.3 Å². The van der Waals surface area contributed by atoms with Crippen LogP contribution in [0.1, 0.15) is 34.1 Å². The van der Waals surface area contributed by atoms with Crippen molar-refractivity contribution in [2.45, 2.75) is 34.1 Å². The summed E-state index contributed by atoms with van der Waals surface area (Å²) in [5, 5.41) is 11.7. The first-order valence-corrected chi connectivity index (χ1v) is 6.45. The smallest absolute Gasteiger partial charge is 0.317 e. The molecule has 0 aromatic rings. The standard InChI is InChI=1S/C13H26N2O3/c1-9(2)6-11(12(16)17)7-14-13(18)15(5)8-10(3)4/h9-11H,6-8H2,1-5H3,(H,14,18)(H,16,17). The molecule has 0 aliphatic carbocycles. The van der Waals surface area contributed by atoms with Crippen molar-refractivity contribution in [3.05, 3.63) is 0 Å². The maximum atomic E-state index is 11.7. The van der Waals surface area contributed by atoms with E-state index >= 15 is 0 Å². The second-order valence-corrected chi connectivity index (χ2v) is 5.63. The van der Waals surface area contributed by atoms with Crippen LogP contribution in [0.15, 0.2) is 0 Å². The Morgan fingerprint density at radius 1 is 1.17 bits per heavy atom. The molecule has 2 N–H and O–H groups in total.